The van der Waals surface area contributed by atoms with Gasteiger partial charge < -0.3 is 13.7 Å². The minimum absolute atomic E-state index is 1.16. The largest absolute Gasteiger partial charge is 0.309 e. The molecule has 3 nitrogen and oxygen atoms in total. The third-order valence-electron chi connectivity index (χ3n) is 13.4. The number of aromatic nitrogens is 3. The van der Waals surface area contributed by atoms with Crippen LogP contribution in [0.2, 0.25) is 0 Å². The molecule has 0 saturated heterocycles. The van der Waals surface area contributed by atoms with Crippen LogP contribution in [0.4, 0.5) is 0 Å². The number of hydrogen-bond acceptors (Lipinski definition) is 1. The van der Waals surface area contributed by atoms with Crippen molar-refractivity contribution in [2.45, 2.75) is 0 Å². The number of benzene rings is 10. The van der Waals surface area contributed by atoms with Gasteiger partial charge in [0, 0.05) is 69.6 Å². The summed E-state index contributed by atoms with van der Waals surface area (Å²) in [6, 6.07) is 82.8. The Hall–Kier alpha value is -8.18. The van der Waals surface area contributed by atoms with Gasteiger partial charge in [0.2, 0.25) is 0 Å². The lowest BCUT2D eigenvalue weighted by Gasteiger charge is -2.11. The molecule has 298 valence electrons. The highest BCUT2D eigenvalue weighted by molar-refractivity contribution is 7.25. The van der Waals surface area contributed by atoms with Gasteiger partial charge in [-0.3, -0.25) is 0 Å². The topological polar surface area (TPSA) is 14.8 Å². The fourth-order valence-corrected chi connectivity index (χ4v) is 11.7. The lowest BCUT2D eigenvalue weighted by Crippen LogP contribution is -1.94. The fraction of sp³-hybridized carbons (Fsp3) is 0. The Morgan fingerprint density at radius 3 is 1.17 bits per heavy atom. The Morgan fingerprint density at radius 2 is 0.609 bits per heavy atom. The first kappa shape index (κ1) is 35.4. The molecule has 0 amide bonds. The first-order valence-corrected chi connectivity index (χ1v) is 22.7. The molecule has 0 unspecified atom stereocenters. The summed E-state index contributed by atoms with van der Waals surface area (Å²) in [5.41, 5.74) is 15.5. The van der Waals surface area contributed by atoms with E-state index in [1.807, 2.05) is 11.3 Å². The molecule has 0 bridgehead atoms. The molecule has 4 heteroatoms. The van der Waals surface area contributed by atoms with Gasteiger partial charge in [-0.05, 0) is 113 Å². The maximum absolute atomic E-state index is 2.50. The van der Waals surface area contributed by atoms with E-state index in [9.17, 15) is 0 Å². The lowest BCUT2D eigenvalue weighted by atomic mass is 10.00. The second kappa shape index (κ2) is 13.7. The molecule has 0 N–H and O–H groups in total. The summed E-state index contributed by atoms with van der Waals surface area (Å²) in [5, 5.41) is 10.1. The van der Waals surface area contributed by atoms with Crippen LogP contribution >= 0.6 is 11.3 Å². The Kier molecular flexibility index (Phi) is 7.56. The molecular weight excluding hydrogens is 795 g/mol. The normalized spacial score (nSPS) is 12.1. The van der Waals surface area contributed by atoms with Crippen molar-refractivity contribution >= 4 is 96.9 Å². The number of nitrogens with zero attached hydrogens (tertiary/aromatic N) is 3. The van der Waals surface area contributed by atoms with Crippen molar-refractivity contribution in [1.29, 1.82) is 0 Å². The van der Waals surface area contributed by atoms with Crippen LogP contribution in [0.15, 0.2) is 224 Å². The van der Waals surface area contributed by atoms with E-state index in [2.05, 4.69) is 238 Å². The van der Waals surface area contributed by atoms with E-state index in [0.717, 1.165) is 5.69 Å². The second-order valence-electron chi connectivity index (χ2n) is 16.9. The molecule has 4 aromatic heterocycles. The summed E-state index contributed by atoms with van der Waals surface area (Å²) >= 11 is 1.87. The third-order valence-corrected chi connectivity index (χ3v) is 14.6. The second-order valence-corrected chi connectivity index (χ2v) is 18.0. The number of fused-ring (bicyclic) bond motifs is 12. The molecule has 14 aromatic rings. The molecule has 0 aliphatic rings. The van der Waals surface area contributed by atoms with Crippen LogP contribution in [0.5, 0.6) is 0 Å². The highest BCUT2D eigenvalue weighted by Crippen LogP contribution is 2.42. The molecule has 0 aliphatic heterocycles. The maximum atomic E-state index is 2.50. The van der Waals surface area contributed by atoms with Crippen LogP contribution < -0.4 is 0 Å². The van der Waals surface area contributed by atoms with Gasteiger partial charge in [-0.1, -0.05) is 133 Å². The number of para-hydroxylation sites is 4. The quantitative estimate of drug-likeness (QED) is 0.164. The zero-order valence-corrected chi connectivity index (χ0v) is 35.4. The molecular formula is C60H37N3S. The maximum Gasteiger partial charge on any atom is 0.0547 e. The van der Waals surface area contributed by atoms with E-state index in [1.54, 1.807) is 0 Å². The Bertz CT molecular complexity index is 3970. The minimum Gasteiger partial charge on any atom is -0.309 e. The first-order chi connectivity index (χ1) is 31.7. The summed E-state index contributed by atoms with van der Waals surface area (Å²) < 4.78 is 9.88. The fourth-order valence-electron chi connectivity index (χ4n) is 10.5. The molecule has 14 rings (SSSR count). The van der Waals surface area contributed by atoms with E-state index in [0.29, 0.717) is 0 Å². The average molecular weight is 832 g/mol. The monoisotopic (exact) mass is 831 g/mol. The van der Waals surface area contributed by atoms with Crippen molar-refractivity contribution in [3.05, 3.63) is 224 Å². The molecule has 0 saturated carbocycles. The number of rotatable bonds is 5. The number of thiophene rings is 1. The molecule has 0 atom stereocenters. The predicted molar refractivity (Wildman–Crippen MR) is 273 cm³/mol. The molecule has 0 aliphatic carbocycles. The van der Waals surface area contributed by atoms with Gasteiger partial charge in [0.25, 0.3) is 0 Å². The van der Waals surface area contributed by atoms with Gasteiger partial charge in [-0.2, -0.15) is 0 Å². The third kappa shape index (κ3) is 5.21. The van der Waals surface area contributed by atoms with E-state index >= 15 is 0 Å². The van der Waals surface area contributed by atoms with Gasteiger partial charge in [0.05, 0.1) is 33.1 Å². The van der Waals surface area contributed by atoms with Crippen molar-refractivity contribution in [3.8, 4) is 39.3 Å². The Morgan fingerprint density at radius 1 is 0.219 bits per heavy atom. The van der Waals surface area contributed by atoms with Gasteiger partial charge in [0.15, 0.2) is 0 Å². The Labute approximate surface area is 372 Å². The van der Waals surface area contributed by atoms with Crippen LogP contribution in [0.1, 0.15) is 0 Å². The molecule has 0 radical (unpaired) electrons. The van der Waals surface area contributed by atoms with Crippen LogP contribution in [-0.4, -0.2) is 13.7 Å². The summed E-state index contributed by atoms with van der Waals surface area (Å²) in [6.07, 6.45) is 0. The molecule has 0 fully saturated rings. The van der Waals surface area contributed by atoms with Crippen molar-refractivity contribution in [2.24, 2.45) is 0 Å². The summed E-state index contributed by atoms with van der Waals surface area (Å²) in [6.45, 7) is 0. The van der Waals surface area contributed by atoms with Crippen LogP contribution in [0.3, 0.4) is 0 Å². The smallest absolute Gasteiger partial charge is 0.0547 e. The van der Waals surface area contributed by atoms with Gasteiger partial charge in [-0.15, -0.1) is 11.3 Å². The van der Waals surface area contributed by atoms with Gasteiger partial charge in [-0.25, -0.2) is 0 Å². The zero-order valence-electron chi connectivity index (χ0n) is 34.6. The van der Waals surface area contributed by atoms with Gasteiger partial charge in [0.1, 0.15) is 0 Å². The summed E-state index contributed by atoms with van der Waals surface area (Å²) in [7, 11) is 0. The molecule has 0 spiro atoms. The van der Waals surface area contributed by atoms with Crippen molar-refractivity contribution in [1.82, 2.24) is 13.7 Å². The van der Waals surface area contributed by atoms with Gasteiger partial charge >= 0.3 is 0 Å². The predicted octanol–water partition coefficient (Wildman–Crippen LogP) is 16.7. The van der Waals surface area contributed by atoms with E-state index in [-0.39, 0.29) is 0 Å². The molecule has 64 heavy (non-hydrogen) atoms. The minimum atomic E-state index is 1.16. The highest BCUT2D eigenvalue weighted by atomic mass is 32.1. The van der Waals surface area contributed by atoms with Crippen LogP contribution in [-0.2, 0) is 0 Å². The summed E-state index contributed by atoms with van der Waals surface area (Å²) in [5.74, 6) is 0. The Balaban J connectivity index is 0.982. The zero-order chi connectivity index (χ0) is 41.9. The van der Waals surface area contributed by atoms with E-state index < -0.39 is 0 Å². The van der Waals surface area contributed by atoms with Crippen LogP contribution in [0, 0.1) is 0 Å². The number of hydrogen-bond donors (Lipinski definition) is 0. The van der Waals surface area contributed by atoms with Crippen molar-refractivity contribution < 1.29 is 0 Å². The molecule has 4 heterocycles. The standard InChI is InChI=1S/C60H37N3S/c1-3-13-42(14-4-1)61-53-20-10-7-17-45(53)51-33-38(25-31-55(51)61)40-23-28-47-48-29-24-41(39-26-32-56-52(34-39)46-18-8-11-21-54(46)62(56)43-15-5-2-6-16-43)36-58(48)63(57(47)35-40)44-27-30-50-49-19-9-12-22-59(49)64-60(50)37-44/h1-37H. The summed E-state index contributed by atoms with van der Waals surface area (Å²) in [4.78, 5) is 0. The van der Waals surface area contributed by atoms with Crippen molar-refractivity contribution in [2.75, 3.05) is 0 Å². The first-order valence-electron chi connectivity index (χ1n) is 21.9. The van der Waals surface area contributed by atoms with Crippen LogP contribution in [0.25, 0.3) is 125 Å². The van der Waals surface area contributed by atoms with E-state index in [1.165, 1.54) is 119 Å². The van der Waals surface area contributed by atoms with E-state index in [4.69, 9.17) is 0 Å². The lowest BCUT2D eigenvalue weighted by molar-refractivity contribution is 1.18. The van der Waals surface area contributed by atoms with Crippen molar-refractivity contribution in [3.63, 3.8) is 0 Å². The molecule has 10 aromatic carbocycles. The SMILES string of the molecule is c1ccc(-n2c3ccccc3c3cc(-c4ccc5c6ccc(-c7ccc8c(c7)c7ccccc7n8-c7ccccc7)cc6n(-c6ccc7c(c6)sc6ccccc67)c5c4)ccc32)cc1. The average Bonchev–Trinajstić information content (AvgIpc) is 4.09. The highest BCUT2D eigenvalue weighted by Gasteiger charge is 2.19.